The van der Waals surface area contributed by atoms with Crippen molar-refractivity contribution in [3.63, 3.8) is 0 Å². The third kappa shape index (κ3) is 3.79. The molecular formula is C21H22N2O2. The molecule has 0 aromatic heterocycles. The van der Waals surface area contributed by atoms with Crippen LogP contribution < -0.4 is 10.1 Å². The largest absolute Gasteiger partial charge is 0.497 e. The molecule has 4 heteroatoms. The van der Waals surface area contributed by atoms with Gasteiger partial charge >= 0.3 is 0 Å². The topological polar surface area (TPSA) is 50.7 Å². The smallest absolute Gasteiger partial charge is 0.275 e. The zero-order chi connectivity index (χ0) is 18.0. The number of hydrogen-bond donors (Lipinski definition) is 1. The van der Waals surface area contributed by atoms with E-state index in [-0.39, 0.29) is 11.3 Å². The fourth-order valence-electron chi connectivity index (χ4n) is 2.59. The fourth-order valence-corrected chi connectivity index (χ4v) is 2.59. The number of aliphatic imine (C=N–C) groups is 1. The van der Waals surface area contributed by atoms with Crippen molar-refractivity contribution in [2.24, 2.45) is 4.99 Å². The first kappa shape index (κ1) is 17.0. The number of carbonyl (C=O) groups excluding carboxylic acids is 1. The monoisotopic (exact) mass is 334 g/mol. The summed E-state index contributed by atoms with van der Waals surface area (Å²) in [6.07, 6.45) is 1.80. The highest BCUT2D eigenvalue weighted by Crippen LogP contribution is 2.23. The first-order valence-electron chi connectivity index (χ1n) is 8.23. The van der Waals surface area contributed by atoms with Crippen molar-refractivity contribution in [1.29, 1.82) is 0 Å². The summed E-state index contributed by atoms with van der Waals surface area (Å²) in [5.74, 6) is 1.14. The second kappa shape index (κ2) is 6.55. The van der Waals surface area contributed by atoms with E-state index in [1.165, 1.54) is 5.56 Å². The van der Waals surface area contributed by atoms with Gasteiger partial charge in [0.25, 0.3) is 5.91 Å². The zero-order valence-corrected chi connectivity index (χ0v) is 15.0. The van der Waals surface area contributed by atoms with E-state index in [9.17, 15) is 4.79 Å². The summed E-state index contributed by atoms with van der Waals surface area (Å²) in [6.45, 7) is 6.53. The van der Waals surface area contributed by atoms with Crippen LogP contribution in [0.2, 0.25) is 0 Å². The van der Waals surface area contributed by atoms with Crippen LogP contribution in [0.1, 0.15) is 37.5 Å². The van der Waals surface area contributed by atoms with Crippen molar-refractivity contribution in [3.05, 3.63) is 70.9 Å². The molecule has 25 heavy (non-hydrogen) atoms. The summed E-state index contributed by atoms with van der Waals surface area (Å²) in [5.41, 5.74) is 3.58. The number of amidine groups is 1. The van der Waals surface area contributed by atoms with Crippen molar-refractivity contribution in [2.45, 2.75) is 26.2 Å². The van der Waals surface area contributed by atoms with Crippen LogP contribution in [0.15, 0.2) is 59.2 Å². The van der Waals surface area contributed by atoms with Crippen molar-refractivity contribution >= 4 is 17.8 Å². The van der Waals surface area contributed by atoms with Crippen LogP contribution in [0.5, 0.6) is 5.75 Å². The third-order valence-corrected chi connectivity index (χ3v) is 4.14. The summed E-state index contributed by atoms with van der Waals surface area (Å²) in [5, 5.41) is 2.82. The van der Waals surface area contributed by atoms with Gasteiger partial charge in [0.1, 0.15) is 17.3 Å². The summed E-state index contributed by atoms with van der Waals surface area (Å²) >= 11 is 0. The summed E-state index contributed by atoms with van der Waals surface area (Å²) in [4.78, 5) is 16.6. The Labute approximate surface area is 148 Å². The van der Waals surface area contributed by atoms with Crippen molar-refractivity contribution in [1.82, 2.24) is 5.32 Å². The minimum Gasteiger partial charge on any atom is -0.497 e. The predicted molar refractivity (Wildman–Crippen MR) is 101 cm³/mol. The van der Waals surface area contributed by atoms with Gasteiger partial charge in [-0.15, -0.1) is 0 Å². The predicted octanol–water partition coefficient (Wildman–Crippen LogP) is 3.91. The van der Waals surface area contributed by atoms with Crippen molar-refractivity contribution in [3.8, 4) is 5.75 Å². The maximum absolute atomic E-state index is 12.2. The van der Waals surface area contributed by atoms with E-state index in [4.69, 9.17) is 4.74 Å². The highest BCUT2D eigenvalue weighted by Gasteiger charge is 2.21. The number of carbonyl (C=O) groups is 1. The lowest BCUT2D eigenvalue weighted by Crippen LogP contribution is -2.24. The molecule has 1 aliphatic heterocycles. The van der Waals surface area contributed by atoms with E-state index < -0.39 is 0 Å². The molecule has 1 N–H and O–H groups in total. The Kier molecular flexibility index (Phi) is 4.45. The van der Waals surface area contributed by atoms with Gasteiger partial charge in [-0.05, 0) is 46.9 Å². The van der Waals surface area contributed by atoms with Gasteiger partial charge in [0, 0.05) is 5.56 Å². The number of hydrogen-bond acceptors (Lipinski definition) is 3. The normalized spacial score (nSPS) is 15.9. The van der Waals surface area contributed by atoms with E-state index in [0.29, 0.717) is 11.5 Å². The molecule has 0 radical (unpaired) electrons. The van der Waals surface area contributed by atoms with Crippen LogP contribution in [-0.4, -0.2) is 18.9 Å². The lowest BCUT2D eigenvalue weighted by Gasteiger charge is -2.18. The Hall–Kier alpha value is -2.88. The van der Waals surface area contributed by atoms with Crippen LogP contribution in [0.4, 0.5) is 0 Å². The molecule has 4 nitrogen and oxygen atoms in total. The first-order chi connectivity index (χ1) is 11.9. The number of nitrogens with zero attached hydrogens (tertiary/aromatic N) is 1. The molecule has 0 saturated heterocycles. The summed E-state index contributed by atoms with van der Waals surface area (Å²) in [7, 11) is 1.62. The van der Waals surface area contributed by atoms with Gasteiger partial charge in [0.2, 0.25) is 0 Å². The van der Waals surface area contributed by atoms with E-state index >= 15 is 0 Å². The average molecular weight is 334 g/mol. The molecule has 0 unspecified atom stereocenters. The Balaban J connectivity index is 1.85. The lowest BCUT2D eigenvalue weighted by molar-refractivity contribution is -0.115. The van der Waals surface area contributed by atoms with Crippen LogP contribution in [0.3, 0.4) is 0 Å². The molecule has 0 spiro atoms. The van der Waals surface area contributed by atoms with Crippen molar-refractivity contribution < 1.29 is 9.53 Å². The van der Waals surface area contributed by atoms with Gasteiger partial charge in [-0.1, -0.05) is 45.0 Å². The van der Waals surface area contributed by atoms with Gasteiger partial charge < -0.3 is 10.1 Å². The van der Waals surface area contributed by atoms with E-state index in [1.807, 2.05) is 36.4 Å². The minimum absolute atomic E-state index is 0.107. The Morgan fingerprint density at radius 2 is 1.64 bits per heavy atom. The second-order valence-corrected chi connectivity index (χ2v) is 7.04. The molecule has 1 heterocycles. The first-order valence-corrected chi connectivity index (χ1v) is 8.23. The molecule has 1 aliphatic rings. The molecule has 2 aromatic rings. The van der Waals surface area contributed by atoms with Crippen LogP contribution in [-0.2, 0) is 10.2 Å². The molecule has 3 rings (SSSR count). The average Bonchev–Trinajstić information content (AvgIpc) is 2.95. The van der Waals surface area contributed by atoms with E-state index in [1.54, 1.807) is 13.2 Å². The van der Waals surface area contributed by atoms with Gasteiger partial charge in [-0.3, -0.25) is 4.79 Å². The molecular weight excluding hydrogens is 312 g/mol. The standard InChI is InChI=1S/C21H22N2O2/c1-21(2,3)16-9-5-14(6-10-16)13-18-20(24)23-19(22-18)15-7-11-17(25-4)12-8-15/h5-13H,1-4H3,(H,22,23,24)/b18-13+. The zero-order valence-electron chi connectivity index (χ0n) is 15.0. The van der Waals surface area contributed by atoms with E-state index in [2.05, 4.69) is 43.2 Å². The third-order valence-electron chi connectivity index (χ3n) is 4.14. The summed E-state index contributed by atoms with van der Waals surface area (Å²) < 4.78 is 5.15. The number of rotatable bonds is 3. The molecule has 0 fully saturated rings. The van der Waals surface area contributed by atoms with Crippen LogP contribution in [0.25, 0.3) is 6.08 Å². The number of methoxy groups -OCH3 is 1. The fraction of sp³-hybridized carbons (Fsp3) is 0.238. The van der Waals surface area contributed by atoms with Gasteiger partial charge in [-0.25, -0.2) is 4.99 Å². The number of amides is 1. The maximum atomic E-state index is 12.2. The number of benzene rings is 2. The minimum atomic E-state index is -0.189. The summed E-state index contributed by atoms with van der Waals surface area (Å²) in [6, 6.07) is 15.6. The molecule has 2 aromatic carbocycles. The maximum Gasteiger partial charge on any atom is 0.275 e. The molecule has 0 saturated carbocycles. The Bertz CT molecular complexity index is 839. The molecule has 128 valence electrons. The van der Waals surface area contributed by atoms with Gasteiger partial charge in [0.05, 0.1) is 7.11 Å². The van der Waals surface area contributed by atoms with Crippen LogP contribution in [0, 0.1) is 0 Å². The molecule has 1 amide bonds. The highest BCUT2D eigenvalue weighted by molar-refractivity contribution is 6.19. The van der Waals surface area contributed by atoms with E-state index in [0.717, 1.165) is 16.9 Å². The number of nitrogens with one attached hydrogen (secondary N) is 1. The van der Waals surface area contributed by atoms with Crippen molar-refractivity contribution in [2.75, 3.05) is 7.11 Å². The SMILES string of the molecule is COc1ccc(C2=N/C(=C/c3ccc(C(C)(C)C)cc3)C(=O)N2)cc1. The van der Waals surface area contributed by atoms with Gasteiger partial charge in [0.15, 0.2) is 0 Å². The number of ether oxygens (including phenoxy) is 1. The Morgan fingerprint density at radius 1 is 1.00 bits per heavy atom. The molecule has 0 atom stereocenters. The van der Waals surface area contributed by atoms with Gasteiger partial charge in [-0.2, -0.15) is 0 Å². The Morgan fingerprint density at radius 3 is 2.20 bits per heavy atom. The highest BCUT2D eigenvalue weighted by atomic mass is 16.5. The quantitative estimate of drug-likeness (QED) is 0.865. The van der Waals surface area contributed by atoms with Crippen LogP contribution >= 0.6 is 0 Å². The molecule has 0 aliphatic carbocycles. The lowest BCUT2D eigenvalue weighted by atomic mass is 9.87. The second-order valence-electron chi connectivity index (χ2n) is 7.04. The molecule has 0 bridgehead atoms.